The van der Waals surface area contributed by atoms with E-state index in [9.17, 15) is 0 Å². The first-order valence-corrected chi connectivity index (χ1v) is 8.65. The van der Waals surface area contributed by atoms with Gasteiger partial charge in [-0.05, 0) is 22.6 Å². The van der Waals surface area contributed by atoms with E-state index in [4.69, 9.17) is 4.74 Å². The third-order valence-corrected chi connectivity index (χ3v) is 4.73. The van der Waals surface area contributed by atoms with Gasteiger partial charge in [0.25, 0.3) is 0 Å². The van der Waals surface area contributed by atoms with Crippen LogP contribution < -0.4 is 10.6 Å². The summed E-state index contributed by atoms with van der Waals surface area (Å²) in [5.41, 5.74) is 2.41. The molecule has 0 saturated carbocycles. The Labute approximate surface area is 142 Å². The molecule has 0 aliphatic heterocycles. The van der Waals surface area contributed by atoms with E-state index in [2.05, 4.69) is 64.3 Å². The van der Waals surface area contributed by atoms with Gasteiger partial charge in [0.2, 0.25) is 0 Å². The van der Waals surface area contributed by atoms with Gasteiger partial charge in [0.15, 0.2) is 5.96 Å². The molecule has 1 unspecified atom stereocenters. The van der Waals surface area contributed by atoms with E-state index in [0.29, 0.717) is 12.5 Å². The topological polar surface area (TPSA) is 45.7 Å². The zero-order valence-electron chi connectivity index (χ0n) is 14.0. The number of hydrogen-bond donors (Lipinski definition) is 2. The summed E-state index contributed by atoms with van der Waals surface area (Å²) in [4.78, 5) is 5.67. The van der Waals surface area contributed by atoms with E-state index in [1.807, 2.05) is 0 Å². The van der Waals surface area contributed by atoms with Crippen LogP contribution in [0.15, 0.2) is 46.8 Å². The van der Waals surface area contributed by atoms with Gasteiger partial charge in [-0.3, -0.25) is 4.99 Å². The molecule has 0 aliphatic rings. The first kappa shape index (κ1) is 17.5. The van der Waals surface area contributed by atoms with Gasteiger partial charge in [-0.25, -0.2) is 0 Å². The van der Waals surface area contributed by atoms with Gasteiger partial charge < -0.3 is 15.4 Å². The number of thiophene rings is 1. The van der Waals surface area contributed by atoms with Gasteiger partial charge in [-0.2, -0.15) is 0 Å². The van der Waals surface area contributed by atoms with Gasteiger partial charge in [0.05, 0.1) is 6.61 Å². The molecule has 0 aliphatic carbocycles. The highest BCUT2D eigenvalue weighted by molar-refractivity contribution is 7.10. The maximum absolute atomic E-state index is 5.12. The predicted octanol–water partition coefficient (Wildman–Crippen LogP) is 3.36. The molecule has 1 atom stereocenters. The zero-order chi connectivity index (χ0) is 16.5. The van der Waals surface area contributed by atoms with E-state index >= 15 is 0 Å². The monoisotopic (exact) mass is 331 g/mol. The van der Waals surface area contributed by atoms with Crippen molar-refractivity contribution in [2.75, 3.05) is 20.7 Å². The summed E-state index contributed by atoms with van der Waals surface area (Å²) in [6, 6.07) is 12.7. The van der Waals surface area contributed by atoms with Crippen LogP contribution in [0.2, 0.25) is 0 Å². The van der Waals surface area contributed by atoms with Crippen LogP contribution in [0, 0.1) is 0 Å². The van der Waals surface area contributed by atoms with Crippen molar-refractivity contribution in [2.24, 2.45) is 4.99 Å². The van der Waals surface area contributed by atoms with Crippen molar-refractivity contribution in [3.8, 4) is 0 Å². The number of ether oxygens (including phenoxy) is 1. The smallest absolute Gasteiger partial charge is 0.191 e. The van der Waals surface area contributed by atoms with Crippen LogP contribution in [0.3, 0.4) is 0 Å². The first-order chi connectivity index (χ1) is 11.2. The van der Waals surface area contributed by atoms with Crippen molar-refractivity contribution in [2.45, 2.75) is 26.0 Å². The fourth-order valence-corrected chi connectivity index (χ4v) is 3.04. The van der Waals surface area contributed by atoms with Crippen molar-refractivity contribution in [1.82, 2.24) is 10.6 Å². The first-order valence-electron chi connectivity index (χ1n) is 7.77. The molecule has 0 bridgehead atoms. The van der Waals surface area contributed by atoms with Gasteiger partial charge in [-0.1, -0.05) is 37.3 Å². The lowest BCUT2D eigenvalue weighted by Gasteiger charge is -2.15. The summed E-state index contributed by atoms with van der Waals surface area (Å²) in [6.45, 7) is 4.49. The molecule has 124 valence electrons. The minimum absolute atomic E-state index is 0.474. The number of nitrogens with zero attached hydrogens (tertiary/aromatic N) is 1. The molecule has 5 heteroatoms. The third kappa shape index (κ3) is 5.69. The minimum Gasteiger partial charge on any atom is -0.380 e. The summed E-state index contributed by atoms with van der Waals surface area (Å²) in [6.07, 6.45) is 0. The van der Waals surface area contributed by atoms with Crippen LogP contribution in [0.5, 0.6) is 0 Å². The zero-order valence-corrected chi connectivity index (χ0v) is 14.8. The molecule has 1 aromatic carbocycles. The Bertz CT molecular complexity index is 593. The molecule has 0 saturated heterocycles. The number of guanidine groups is 1. The molecule has 2 N–H and O–H groups in total. The molecule has 0 amide bonds. The number of benzene rings is 1. The number of hydrogen-bond acceptors (Lipinski definition) is 3. The van der Waals surface area contributed by atoms with Crippen LogP contribution in [0.25, 0.3) is 0 Å². The van der Waals surface area contributed by atoms with Gasteiger partial charge in [0, 0.05) is 38.0 Å². The van der Waals surface area contributed by atoms with Crippen LogP contribution >= 0.6 is 11.3 Å². The molecule has 1 aromatic heterocycles. The number of nitrogens with one attached hydrogen (secondary N) is 2. The normalized spacial score (nSPS) is 12.9. The molecule has 2 aromatic rings. The highest BCUT2D eigenvalue weighted by Crippen LogP contribution is 2.19. The van der Waals surface area contributed by atoms with E-state index in [1.165, 1.54) is 16.0 Å². The SMILES string of the molecule is CN=C(NCc1ccc(COC)cc1)NCC(C)c1cccs1. The summed E-state index contributed by atoms with van der Waals surface area (Å²) >= 11 is 1.80. The predicted molar refractivity (Wildman–Crippen MR) is 98.1 cm³/mol. The lowest BCUT2D eigenvalue weighted by atomic mass is 10.1. The molecule has 0 radical (unpaired) electrons. The molecule has 1 heterocycles. The molecule has 0 fully saturated rings. The minimum atomic E-state index is 0.474. The summed E-state index contributed by atoms with van der Waals surface area (Å²) in [5, 5.41) is 8.85. The summed E-state index contributed by atoms with van der Waals surface area (Å²) in [5.74, 6) is 1.30. The highest BCUT2D eigenvalue weighted by atomic mass is 32.1. The summed E-state index contributed by atoms with van der Waals surface area (Å²) in [7, 11) is 3.51. The van der Waals surface area contributed by atoms with Crippen molar-refractivity contribution in [3.63, 3.8) is 0 Å². The van der Waals surface area contributed by atoms with Crippen molar-refractivity contribution in [3.05, 3.63) is 57.8 Å². The second-order valence-electron chi connectivity index (χ2n) is 5.47. The second kappa shape index (κ2) is 9.33. The maximum Gasteiger partial charge on any atom is 0.191 e. The van der Waals surface area contributed by atoms with E-state index < -0.39 is 0 Å². The molecule has 2 rings (SSSR count). The quantitative estimate of drug-likeness (QED) is 0.604. The Hall–Kier alpha value is -1.85. The Morgan fingerprint density at radius 3 is 2.52 bits per heavy atom. The van der Waals surface area contributed by atoms with Crippen LogP contribution in [0.1, 0.15) is 28.8 Å². The fraction of sp³-hybridized carbons (Fsp3) is 0.389. The van der Waals surface area contributed by atoms with Crippen molar-refractivity contribution >= 4 is 17.3 Å². The second-order valence-corrected chi connectivity index (χ2v) is 6.45. The van der Waals surface area contributed by atoms with Crippen molar-refractivity contribution < 1.29 is 4.74 Å². The average molecular weight is 331 g/mol. The van der Waals surface area contributed by atoms with Gasteiger partial charge in [0.1, 0.15) is 0 Å². The fourth-order valence-electron chi connectivity index (χ4n) is 2.25. The third-order valence-electron chi connectivity index (χ3n) is 3.62. The molecule has 4 nitrogen and oxygen atoms in total. The number of aliphatic imine (C=N–C) groups is 1. The average Bonchev–Trinajstić information content (AvgIpc) is 3.11. The molecule has 23 heavy (non-hydrogen) atoms. The summed E-state index contributed by atoms with van der Waals surface area (Å²) < 4.78 is 5.12. The van der Waals surface area contributed by atoms with E-state index in [0.717, 1.165) is 19.0 Å². The standard InChI is InChI=1S/C18H25N3OS/c1-14(17-5-4-10-23-17)11-20-18(19-2)21-12-15-6-8-16(9-7-15)13-22-3/h4-10,14H,11-13H2,1-3H3,(H2,19,20,21). The molecule has 0 spiro atoms. The van der Waals surface area contributed by atoms with E-state index in [-0.39, 0.29) is 0 Å². The lowest BCUT2D eigenvalue weighted by molar-refractivity contribution is 0.185. The Morgan fingerprint density at radius 1 is 1.17 bits per heavy atom. The van der Waals surface area contributed by atoms with Crippen LogP contribution in [-0.2, 0) is 17.9 Å². The Morgan fingerprint density at radius 2 is 1.91 bits per heavy atom. The largest absolute Gasteiger partial charge is 0.380 e. The van der Waals surface area contributed by atoms with Crippen LogP contribution in [-0.4, -0.2) is 26.7 Å². The molecular formula is C18H25N3OS. The Balaban J connectivity index is 1.78. The van der Waals surface area contributed by atoms with Gasteiger partial charge >= 0.3 is 0 Å². The van der Waals surface area contributed by atoms with E-state index in [1.54, 1.807) is 25.5 Å². The highest BCUT2D eigenvalue weighted by Gasteiger charge is 2.07. The number of methoxy groups -OCH3 is 1. The molecular weight excluding hydrogens is 306 g/mol. The number of rotatable bonds is 7. The van der Waals surface area contributed by atoms with Crippen LogP contribution in [0.4, 0.5) is 0 Å². The van der Waals surface area contributed by atoms with Crippen molar-refractivity contribution in [1.29, 1.82) is 0 Å². The maximum atomic E-state index is 5.12. The lowest BCUT2D eigenvalue weighted by Crippen LogP contribution is -2.38. The Kier molecular flexibility index (Phi) is 7.10. The van der Waals surface area contributed by atoms with Gasteiger partial charge in [-0.15, -0.1) is 11.3 Å².